The minimum absolute atomic E-state index is 0.0868. The first-order valence-electron chi connectivity index (χ1n) is 3.57. The van der Waals surface area contributed by atoms with Gasteiger partial charge in [0.25, 0.3) is 0 Å². The molecule has 0 spiro atoms. The predicted octanol–water partition coefficient (Wildman–Crippen LogP) is 1.03. The number of hydroxylamine groups is 1. The highest BCUT2D eigenvalue weighted by atomic mass is 35.5. The van der Waals surface area contributed by atoms with Gasteiger partial charge in [0.15, 0.2) is 12.2 Å². The summed E-state index contributed by atoms with van der Waals surface area (Å²) in [6.07, 6.45) is -0.530. The summed E-state index contributed by atoms with van der Waals surface area (Å²) < 4.78 is 4.67. The van der Waals surface area contributed by atoms with Crippen LogP contribution in [0.3, 0.4) is 0 Å². The highest BCUT2D eigenvalue weighted by molar-refractivity contribution is 6.17. The van der Waals surface area contributed by atoms with E-state index >= 15 is 0 Å². The van der Waals surface area contributed by atoms with E-state index in [1.54, 1.807) is 6.92 Å². The van der Waals surface area contributed by atoms with Crippen LogP contribution in [0.25, 0.3) is 0 Å². The van der Waals surface area contributed by atoms with Crippen LogP contribution in [0.2, 0.25) is 0 Å². The number of carbonyl (C=O) groups is 1. The summed E-state index contributed by atoms with van der Waals surface area (Å²) in [6, 6.07) is -0.194. The Hall–Kier alpha value is -1.04. The third kappa shape index (κ3) is 7.32. The van der Waals surface area contributed by atoms with E-state index in [0.717, 1.165) is 0 Å². The molecule has 6 nitrogen and oxygen atoms in total. The molecule has 0 aromatic heterocycles. The molecule has 0 radical (unpaired) electrons. The van der Waals surface area contributed by atoms with Crippen molar-refractivity contribution in [2.75, 3.05) is 12.6 Å². The van der Waals surface area contributed by atoms with Gasteiger partial charge in [0.2, 0.25) is 11.8 Å². The van der Waals surface area contributed by atoms with Crippen molar-refractivity contribution in [3.8, 4) is 0 Å². The molecule has 0 amide bonds. The molecule has 13 heavy (non-hydrogen) atoms. The van der Waals surface area contributed by atoms with Crippen molar-refractivity contribution in [1.82, 2.24) is 0 Å². The van der Waals surface area contributed by atoms with Crippen LogP contribution in [0.1, 0.15) is 13.8 Å². The topological polar surface area (TPSA) is 74.0 Å². The quantitative estimate of drug-likeness (QED) is 0.223. The van der Waals surface area contributed by atoms with E-state index in [-0.39, 0.29) is 17.5 Å². The first-order chi connectivity index (χ1) is 6.06. The van der Waals surface area contributed by atoms with Crippen LogP contribution in [0.4, 0.5) is 0 Å². The summed E-state index contributed by atoms with van der Waals surface area (Å²) in [6.45, 7) is 2.75. The van der Waals surface area contributed by atoms with E-state index in [9.17, 15) is 10.0 Å². The molecule has 0 saturated carbocycles. The van der Waals surface area contributed by atoms with Crippen LogP contribution in [0, 0.1) is 5.21 Å². The zero-order valence-electron chi connectivity index (χ0n) is 7.40. The number of hydrogen-bond donors (Lipinski definition) is 0. The molecule has 1 unspecified atom stereocenters. The fraction of sp³-hybridized carbons (Fsp3) is 0.833. The van der Waals surface area contributed by atoms with Crippen LogP contribution in [0.5, 0.6) is 0 Å². The zero-order valence-corrected chi connectivity index (χ0v) is 8.15. The number of alkyl halides is 1. The Kier molecular flexibility index (Phi) is 5.96. The second-order valence-corrected chi connectivity index (χ2v) is 2.49. The van der Waals surface area contributed by atoms with Crippen molar-refractivity contribution in [1.29, 1.82) is 0 Å². The lowest BCUT2D eigenvalue weighted by Crippen LogP contribution is -2.22. The largest absolute Gasteiger partial charge is 0.597 e. The van der Waals surface area contributed by atoms with E-state index in [4.69, 9.17) is 11.6 Å². The van der Waals surface area contributed by atoms with Crippen LogP contribution >= 0.6 is 11.6 Å². The molecule has 0 saturated heterocycles. The Morgan fingerprint density at radius 1 is 1.77 bits per heavy atom. The van der Waals surface area contributed by atoms with Gasteiger partial charge in [-0.2, -0.15) is 0 Å². The minimum Gasteiger partial charge on any atom is -0.597 e. The van der Waals surface area contributed by atoms with Crippen LogP contribution in [0.15, 0.2) is 5.28 Å². The maximum Gasteiger partial charge on any atom is 0.303 e. The van der Waals surface area contributed by atoms with Crippen molar-refractivity contribution in [3.05, 3.63) is 5.21 Å². The van der Waals surface area contributed by atoms with Crippen LogP contribution in [-0.4, -0.2) is 29.5 Å². The first-order valence-corrected chi connectivity index (χ1v) is 4.10. The highest BCUT2D eigenvalue weighted by Crippen LogP contribution is 1.93. The van der Waals surface area contributed by atoms with E-state index < -0.39 is 12.1 Å². The molecule has 0 aromatic rings. The lowest BCUT2D eigenvalue weighted by Gasteiger charge is -2.08. The molecule has 0 N–H and O–H groups in total. The van der Waals surface area contributed by atoms with E-state index in [2.05, 4.69) is 14.9 Å². The fourth-order valence-electron chi connectivity index (χ4n) is 0.660. The summed E-state index contributed by atoms with van der Waals surface area (Å²) in [5.74, 6) is -0.445. The lowest BCUT2D eigenvalue weighted by molar-refractivity contribution is -0.564. The van der Waals surface area contributed by atoms with Gasteiger partial charge in [0.1, 0.15) is 0 Å². The maximum atomic E-state index is 10.8. The van der Waals surface area contributed by atoms with Gasteiger partial charge in [-0.25, -0.2) is 0 Å². The molecule has 0 aliphatic heterocycles. The number of carbonyl (C=O) groups excluding carboxylic acids is 1. The third-order valence-electron chi connectivity index (χ3n) is 0.978. The second-order valence-electron chi connectivity index (χ2n) is 2.27. The number of rotatable bonds is 5. The summed E-state index contributed by atoms with van der Waals surface area (Å²) in [5, 5.41) is 13.8. The number of esters is 1. The average Bonchev–Trinajstić information content (AvgIpc) is 1.98. The molecule has 7 heteroatoms. The molecule has 1 atom stereocenters. The van der Waals surface area contributed by atoms with E-state index in [1.807, 2.05) is 0 Å². The average molecular weight is 211 g/mol. The molecule has 0 aliphatic carbocycles. The highest BCUT2D eigenvalue weighted by Gasteiger charge is 2.10. The van der Waals surface area contributed by atoms with Gasteiger partial charge in [0.05, 0.1) is 0 Å². The number of halogens is 1. The summed E-state index contributed by atoms with van der Waals surface area (Å²) in [7, 11) is 0. The number of hydrogen-bond acceptors (Lipinski definition) is 5. The molecule has 0 bridgehead atoms. The fourth-order valence-corrected chi connectivity index (χ4v) is 0.704. The zero-order chi connectivity index (χ0) is 10.3. The van der Waals surface area contributed by atoms with Crippen molar-refractivity contribution < 1.29 is 19.2 Å². The normalized spacial score (nSPS) is 13.6. The van der Waals surface area contributed by atoms with Crippen molar-refractivity contribution >= 4 is 17.6 Å². The van der Waals surface area contributed by atoms with Gasteiger partial charge < -0.3 is 14.8 Å². The Morgan fingerprint density at radius 2 is 2.38 bits per heavy atom. The molecule has 0 fully saturated rings. The van der Waals surface area contributed by atoms with E-state index in [1.165, 1.54) is 6.92 Å². The lowest BCUT2D eigenvalue weighted by atomic mass is 10.4. The SMILES string of the molecule is CC(=O)OC(C)C[N+]([O-])=NOCCl. The second kappa shape index (κ2) is 6.47. The van der Waals surface area contributed by atoms with Crippen molar-refractivity contribution in [2.24, 2.45) is 5.28 Å². The Bertz CT molecular complexity index is 197. The molecule has 0 rings (SSSR count). The van der Waals surface area contributed by atoms with Gasteiger partial charge >= 0.3 is 5.97 Å². The smallest absolute Gasteiger partial charge is 0.303 e. The van der Waals surface area contributed by atoms with Crippen LogP contribution < -0.4 is 0 Å². The van der Waals surface area contributed by atoms with Gasteiger partial charge in [-0.15, -0.1) is 0 Å². The number of nitrogens with zero attached hydrogens (tertiary/aromatic N) is 2. The molecule has 0 aromatic carbocycles. The minimum atomic E-state index is -0.530. The number of ether oxygens (including phenoxy) is 1. The Labute approximate surface area is 80.6 Å². The van der Waals surface area contributed by atoms with Gasteiger partial charge in [0, 0.05) is 6.92 Å². The molecular formula is C6H11ClN2O4. The van der Waals surface area contributed by atoms with Gasteiger partial charge in [-0.3, -0.25) is 4.79 Å². The maximum absolute atomic E-state index is 10.8. The van der Waals surface area contributed by atoms with Crippen LogP contribution in [-0.2, 0) is 14.4 Å². The monoisotopic (exact) mass is 210 g/mol. The summed E-state index contributed by atoms with van der Waals surface area (Å²) in [5.41, 5.74) is 0. The Morgan fingerprint density at radius 3 is 2.85 bits per heavy atom. The summed E-state index contributed by atoms with van der Waals surface area (Å²) in [4.78, 5) is 14.9. The Balaban J connectivity index is 3.76. The molecule has 0 aliphatic rings. The summed E-state index contributed by atoms with van der Waals surface area (Å²) >= 11 is 5.10. The van der Waals surface area contributed by atoms with Gasteiger partial charge in [-0.1, -0.05) is 16.5 Å². The molecular weight excluding hydrogens is 200 g/mol. The van der Waals surface area contributed by atoms with Gasteiger partial charge in [-0.05, 0) is 6.92 Å². The van der Waals surface area contributed by atoms with Crippen molar-refractivity contribution in [2.45, 2.75) is 20.0 Å². The van der Waals surface area contributed by atoms with Crippen molar-refractivity contribution in [3.63, 3.8) is 0 Å². The molecule has 0 heterocycles. The first kappa shape index (κ1) is 12.0. The standard InChI is InChI=1S/C6H11ClN2O4/c1-5(13-6(2)10)3-9(11)8-12-4-7/h5H,3-4H2,1-2H3. The predicted molar refractivity (Wildman–Crippen MR) is 44.0 cm³/mol. The molecule has 76 valence electrons. The third-order valence-corrected chi connectivity index (χ3v) is 1.08. The van der Waals surface area contributed by atoms with E-state index in [0.29, 0.717) is 0 Å².